The van der Waals surface area contributed by atoms with Crippen LogP contribution < -0.4 is 10.6 Å². The Morgan fingerprint density at radius 3 is 2.72 bits per heavy atom. The summed E-state index contributed by atoms with van der Waals surface area (Å²) in [4.78, 5) is 26.1. The van der Waals surface area contributed by atoms with Gasteiger partial charge in [0, 0.05) is 19.2 Å². The molecule has 0 aliphatic rings. The monoisotopic (exact) mass is 254 g/mol. The summed E-state index contributed by atoms with van der Waals surface area (Å²) in [5.74, 6) is -0.656. The van der Waals surface area contributed by atoms with Gasteiger partial charge in [-0.1, -0.05) is 0 Å². The van der Waals surface area contributed by atoms with E-state index in [0.717, 1.165) is 0 Å². The maximum absolute atomic E-state index is 10.6. The maximum atomic E-state index is 10.6. The molecule has 1 rings (SSSR count). The van der Waals surface area contributed by atoms with E-state index in [1.54, 1.807) is 4.90 Å². The summed E-state index contributed by atoms with van der Waals surface area (Å²) in [7, 11) is 0. The average molecular weight is 254 g/mol. The van der Waals surface area contributed by atoms with E-state index in [-0.39, 0.29) is 24.5 Å². The molecule has 0 aliphatic carbocycles. The third-order valence-corrected chi connectivity index (χ3v) is 2.39. The zero-order valence-electron chi connectivity index (χ0n) is 9.87. The highest BCUT2D eigenvalue weighted by Crippen LogP contribution is 2.22. The molecule has 0 amide bonds. The lowest BCUT2D eigenvalue weighted by Crippen LogP contribution is -2.26. The van der Waals surface area contributed by atoms with E-state index in [4.69, 9.17) is 10.8 Å². The molecule has 0 saturated heterocycles. The maximum Gasteiger partial charge on any atom is 0.311 e. The number of nitrogen functional groups attached to an aromatic ring is 1. The van der Waals surface area contributed by atoms with E-state index in [1.165, 1.54) is 12.1 Å². The Hall–Kier alpha value is -2.38. The van der Waals surface area contributed by atoms with Crippen molar-refractivity contribution in [2.45, 2.75) is 13.3 Å². The molecule has 1 heterocycles. The van der Waals surface area contributed by atoms with E-state index in [0.29, 0.717) is 12.4 Å². The van der Waals surface area contributed by atoms with Gasteiger partial charge < -0.3 is 15.7 Å². The van der Waals surface area contributed by atoms with Gasteiger partial charge in [0.1, 0.15) is 5.82 Å². The molecule has 0 unspecified atom stereocenters. The number of carboxylic acids is 1. The summed E-state index contributed by atoms with van der Waals surface area (Å²) in [6.07, 6.45) is -0.0353. The second kappa shape index (κ2) is 5.80. The van der Waals surface area contributed by atoms with Crippen LogP contribution in [0, 0.1) is 10.1 Å². The Morgan fingerprint density at radius 1 is 1.61 bits per heavy atom. The quantitative estimate of drug-likeness (QED) is 0.570. The van der Waals surface area contributed by atoms with Crippen LogP contribution in [0.1, 0.15) is 13.3 Å². The highest BCUT2D eigenvalue weighted by atomic mass is 16.6. The minimum absolute atomic E-state index is 0.0353. The van der Waals surface area contributed by atoms with E-state index in [2.05, 4.69) is 4.98 Å². The van der Waals surface area contributed by atoms with Crippen LogP contribution in [0.25, 0.3) is 0 Å². The summed E-state index contributed by atoms with van der Waals surface area (Å²) in [5.41, 5.74) is 5.22. The number of carboxylic acid groups (broad SMARTS) is 1. The Balaban J connectivity index is 2.90. The molecule has 0 spiro atoms. The van der Waals surface area contributed by atoms with Crippen molar-refractivity contribution in [3.05, 3.63) is 22.2 Å². The summed E-state index contributed by atoms with van der Waals surface area (Å²) in [5, 5.41) is 19.2. The molecule has 1 aromatic heterocycles. The lowest BCUT2D eigenvalue weighted by atomic mass is 10.3. The molecular weight excluding hydrogens is 240 g/mol. The van der Waals surface area contributed by atoms with Crippen molar-refractivity contribution in [2.75, 3.05) is 23.7 Å². The third kappa shape index (κ3) is 3.30. The van der Waals surface area contributed by atoms with E-state index in [1.807, 2.05) is 6.92 Å². The Kier molecular flexibility index (Phi) is 4.41. The number of aliphatic carboxylic acids is 1. The smallest absolute Gasteiger partial charge is 0.311 e. The Labute approximate surface area is 103 Å². The lowest BCUT2D eigenvalue weighted by Gasteiger charge is -2.20. The standard InChI is InChI=1S/C10H14N4O4/c1-2-13(6-5-9(15)16)8-4-3-7(14(17)18)10(11)12-8/h3-4H,2,5-6H2,1H3,(H2,11,12)(H,15,16). The van der Waals surface area contributed by atoms with Gasteiger partial charge in [0.15, 0.2) is 0 Å². The predicted molar refractivity (Wildman–Crippen MR) is 65.4 cm³/mol. The zero-order chi connectivity index (χ0) is 13.7. The summed E-state index contributed by atoms with van der Waals surface area (Å²) in [6.45, 7) is 2.65. The molecule has 18 heavy (non-hydrogen) atoms. The molecule has 0 saturated carbocycles. The largest absolute Gasteiger partial charge is 0.481 e. The summed E-state index contributed by atoms with van der Waals surface area (Å²) in [6, 6.07) is 2.72. The summed E-state index contributed by atoms with van der Waals surface area (Å²) >= 11 is 0. The topological polar surface area (TPSA) is 123 Å². The van der Waals surface area contributed by atoms with E-state index in [9.17, 15) is 14.9 Å². The molecular formula is C10H14N4O4. The molecule has 0 radical (unpaired) electrons. The van der Waals surface area contributed by atoms with Gasteiger partial charge in [-0.3, -0.25) is 14.9 Å². The van der Waals surface area contributed by atoms with Gasteiger partial charge in [-0.15, -0.1) is 0 Å². The number of pyridine rings is 1. The van der Waals surface area contributed by atoms with Crippen molar-refractivity contribution < 1.29 is 14.8 Å². The number of nitro groups is 1. The highest BCUT2D eigenvalue weighted by Gasteiger charge is 2.15. The average Bonchev–Trinajstić information content (AvgIpc) is 2.29. The van der Waals surface area contributed by atoms with Crippen molar-refractivity contribution in [2.24, 2.45) is 0 Å². The molecule has 0 atom stereocenters. The third-order valence-electron chi connectivity index (χ3n) is 2.39. The molecule has 8 nitrogen and oxygen atoms in total. The minimum Gasteiger partial charge on any atom is -0.481 e. The van der Waals surface area contributed by atoms with Gasteiger partial charge in [-0.05, 0) is 13.0 Å². The minimum atomic E-state index is -0.914. The molecule has 0 aliphatic heterocycles. The normalized spacial score (nSPS) is 10.1. The number of aromatic nitrogens is 1. The van der Waals surface area contributed by atoms with E-state index < -0.39 is 10.9 Å². The van der Waals surface area contributed by atoms with Crippen molar-refractivity contribution in [3.8, 4) is 0 Å². The molecule has 98 valence electrons. The zero-order valence-corrected chi connectivity index (χ0v) is 9.87. The van der Waals surface area contributed by atoms with E-state index >= 15 is 0 Å². The first kappa shape index (κ1) is 13.7. The van der Waals surface area contributed by atoms with Crippen molar-refractivity contribution >= 4 is 23.3 Å². The SMILES string of the molecule is CCN(CCC(=O)O)c1ccc([N+](=O)[O-])c(N)n1. The first-order chi connectivity index (χ1) is 8.45. The van der Waals surface area contributed by atoms with Crippen LogP contribution in [0.15, 0.2) is 12.1 Å². The molecule has 8 heteroatoms. The Morgan fingerprint density at radius 2 is 2.28 bits per heavy atom. The first-order valence-electron chi connectivity index (χ1n) is 5.33. The number of carbonyl (C=O) groups is 1. The van der Waals surface area contributed by atoms with Crippen molar-refractivity contribution in [1.29, 1.82) is 0 Å². The summed E-state index contributed by atoms with van der Waals surface area (Å²) < 4.78 is 0. The van der Waals surface area contributed by atoms with Crippen LogP contribution in [0.5, 0.6) is 0 Å². The highest BCUT2D eigenvalue weighted by molar-refractivity contribution is 5.67. The van der Waals surface area contributed by atoms with Crippen LogP contribution in [0.3, 0.4) is 0 Å². The van der Waals surface area contributed by atoms with Crippen LogP contribution in [0.4, 0.5) is 17.3 Å². The van der Waals surface area contributed by atoms with Gasteiger partial charge in [0.25, 0.3) is 0 Å². The second-order valence-electron chi connectivity index (χ2n) is 3.55. The second-order valence-corrected chi connectivity index (χ2v) is 3.55. The van der Waals surface area contributed by atoms with Gasteiger partial charge >= 0.3 is 11.7 Å². The predicted octanol–water partition coefficient (Wildman–Crippen LogP) is 0.873. The van der Waals surface area contributed by atoms with Gasteiger partial charge in [-0.2, -0.15) is 0 Å². The lowest BCUT2D eigenvalue weighted by molar-refractivity contribution is -0.384. The van der Waals surface area contributed by atoms with Gasteiger partial charge in [0.2, 0.25) is 5.82 Å². The number of hydrogen-bond donors (Lipinski definition) is 2. The first-order valence-corrected chi connectivity index (χ1v) is 5.33. The van der Waals surface area contributed by atoms with Crippen molar-refractivity contribution in [3.63, 3.8) is 0 Å². The van der Waals surface area contributed by atoms with Crippen LogP contribution in [-0.4, -0.2) is 34.1 Å². The number of rotatable bonds is 6. The number of hydrogen-bond acceptors (Lipinski definition) is 6. The molecule has 0 aromatic carbocycles. The van der Waals surface area contributed by atoms with Crippen LogP contribution in [-0.2, 0) is 4.79 Å². The number of anilines is 2. The van der Waals surface area contributed by atoms with Crippen LogP contribution >= 0.6 is 0 Å². The fraction of sp³-hybridized carbons (Fsp3) is 0.400. The molecule has 1 aromatic rings. The van der Waals surface area contributed by atoms with Gasteiger partial charge in [-0.25, -0.2) is 4.98 Å². The molecule has 3 N–H and O–H groups in total. The fourth-order valence-corrected chi connectivity index (χ4v) is 1.45. The number of nitrogens with zero attached hydrogens (tertiary/aromatic N) is 3. The molecule has 0 bridgehead atoms. The fourth-order valence-electron chi connectivity index (χ4n) is 1.45. The van der Waals surface area contributed by atoms with Crippen LogP contribution in [0.2, 0.25) is 0 Å². The Bertz CT molecular complexity index is 463. The van der Waals surface area contributed by atoms with Crippen molar-refractivity contribution in [1.82, 2.24) is 4.98 Å². The number of nitrogens with two attached hydrogens (primary N) is 1. The molecule has 0 fully saturated rings. The van der Waals surface area contributed by atoms with Gasteiger partial charge in [0.05, 0.1) is 11.3 Å².